The zero-order valence-corrected chi connectivity index (χ0v) is 10.9. The van der Waals surface area contributed by atoms with Crippen LogP contribution in [0.3, 0.4) is 0 Å². The van der Waals surface area contributed by atoms with Crippen LogP contribution in [0.15, 0.2) is 42.6 Å². The van der Waals surface area contributed by atoms with Gasteiger partial charge < -0.3 is 9.47 Å². The van der Waals surface area contributed by atoms with Gasteiger partial charge in [0.2, 0.25) is 0 Å². The number of methoxy groups -OCH3 is 1. The largest absolute Gasteiger partial charge is 0.487 e. The Morgan fingerprint density at radius 2 is 2.06 bits per heavy atom. The van der Waals surface area contributed by atoms with Crippen molar-refractivity contribution in [1.82, 2.24) is 4.98 Å². The fourth-order valence-electron chi connectivity index (χ4n) is 1.58. The molecule has 0 spiro atoms. The summed E-state index contributed by atoms with van der Waals surface area (Å²) in [5.74, 6) is 0.798. The fourth-order valence-corrected chi connectivity index (χ4v) is 1.76. The van der Waals surface area contributed by atoms with E-state index in [1.165, 1.54) is 0 Å². The third-order valence-corrected chi connectivity index (χ3v) is 2.61. The first-order valence-corrected chi connectivity index (χ1v) is 5.97. The van der Waals surface area contributed by atoms with Gasteiger partial charge in [-0.05, 0) is 29.8 Å². The van der Waals surface area contributed by atoms with E-state index in [1.807, 2.05) is 24.3 Å². The summed E-state index contributed by atoms with van der Waals surface area (Å²) in [5, 5.41) is 0.664. The Morgan fingerprint density at radius 3 is 2.83 bits per heavy atom. The van der Waals surface area contributed by atoms with Crippen molar-refractivity contribution < 1.29 is 9.47 Å². The van der Waals surface area contributed by atoms with Crippen LogP contribution < -0.4 is 4.74 Å². The number of pyridine rings is 1. The average molecular weight is 264 g/mol. The molecule has 1 heterocycles. The minimum Gasteiger partial charge on any atom is -0.487 e. The Balaban J connectivity index is 1.99. The van der Waals surface area contributed by atoms with Crippen LogP contribution in [0.25, 0.3) is 0 Å². The van der Waals surface area contributed by atoms with E-state index in [2.05, 4.69) is 4.98 Å². The van der Waals surface area contributed by atoms with Crippen molar-refractivity contribution >= 4 is 11.6 Å². The summed E-state index contributed by atoms with van der Waals surface area (Å²) in [6.45, 7) is 0.976. The van der Waals surface area contributed by atoms with Gasteiger partial charge in [-0.25, -0.2) is 0 Å². The Bertz CT molecular complexity index is 517. The zero-order valence-electron chi connectivity index (χ0n) is 10.1. The molecular weight excluding hydrogens is 250 g/mol. The minimum atomic E-state index is 0.400. The molecule has 4 heteroatoms. The molecule has 0 atom stereocenters. The average Bonchev–Trinajstić information content (AvgIpc) is 2.37. The van der Waals surface area contributed by atoms with Crippen LogP contribution in [0, 0.1) is 0 Å². The Labute approximate surface area is 111 Å². The van der Waals surface area contributed by atoms with Crippen LogP contribution >= 0.6 is 11.6 Å². The van der Waals surface area contributed by atoms with Crippen molar-refractivity contribution in [1.29, 1.82) is 0 Å². The van der Waals surface area contributed by atoms with Crippen LogP contribution in [-0.2, 0) is 18.0 Å². The first-order chi connectivity index (χ1) is 8.78. The van der Waals surface area contributed by atoms with Crippen LogP contribution in [0.2, 0.25) is 5.02 Å². The van der Waals surface area contributed by atoms with Gasteiger partial charge in [0.15, 0.2) is 0 Å². The Kier molecular flexibility index (Phi) is 4.56. The summed E-state index contributed by atoms with van der Waals surface area (Å²) in [7, 11) is 1.67. The van der Waals surface area contributed by atoms with Gasteiger partial charge in [0, 0.05) is 18.3 Å². The molecular formula is C14H14ClNO2. The predicted molar refractivity (Wildman–Crippen MR) is 70.7 cm³/mol. The van der Waals surface area contributed by atoms with Crippen molar-refractivity contribution in [3.8, 4) is 5.75 Å². The highest BCUT2D eigenvalue weighted by Gasteiger charge is 1.99. The summed E-state index contributed by atoms with van der Waals surface area (Å²) in [4.78, 5) is 4.18. The van der Waals surface area contributed by atoms with E-state index in [4.69, 9.17) is 21.1 Å². The lowest BCUT2D eigenvalue weighted by Crippen LogP contribution is -1.98. The maximum atomic E-state index is 5.88. The molecule has 0 amide bonds. The van der Waals surface area contributed by atoms with Gasteiger partial charge in [-0.3, -0.25) is 4.98 Å². The van der Waals surface area contributed by atoms with Gasteiger partial charge in [-0.1, -0.05) is 23.7 Å². The van der Waals surface area contributed by atoms with E-state index < -0.39 is 0 Å². The van der Waals surface area contributed by atoms with Gasteiger partial charge in [0.05, 0.1) is 12.3 Å². The lowest BCUT2D eigenvalue weighted by Gasteiger charge is -2.07. The highest BCUT2D eigenvalue weighted by molar-refractivity contribution is 6.30. The topological polar surface area (TPSA) is 31.4 Å². The molecule has 0 saturated heterocycles. The number of hydrogen-bond donors (Lipinski definition) is 0. The van der Waals surface area contributed by atoms with E-state index in [-0.39, 0.29) is 0 Å². The number of halogens is 1. The van der Waals surface area contributed by atoms with E-state index >= 15 is 0 Å². The second-order valence-corrected chi connectivity index (χ2v) is 4.27. The second-order valence-electron chi connectivity index (χ2n) is 3.83. The number of nitrogens with zero attached hydrogens (tertiary/aromatic N) is 1. The zero-order chi connectivity index (χ0) is 12.8. The third-order valence-electron chi connectivity index (χ3n) is 2.37. The highest BCUT2D eigenvalue weighted by Crippen LogP contribution is 2.16. The van der Waals surface area contributed by atoms with E-state index in [1.54, 1.807) is 25.4 Å². The molecule has 0 bridgehead atoms. The van der Waals surface area contributed by atoms with Gasteiger partial charge in [-0.2, -0.15) is 0 Å². The van der Waals surface area contributed by atoms with Crippen LogP contribution in [0.5, 0.6) is 5.75 Å². The van der Waals surface area contributed by atoms with Gasteiger partial charge in [0.25, 0.3) is 0 Å². The molecule has 0 aliphatic rings. The van der Waals surface area contributed by atoms with Crippen molar-refractivity contribution in [2.75, 3.05) is 7.11 Å². The summed E-state index contributed by atoms with van der Waals surface area (Å²) in [5.41, 5.74) is 1.88. The fraction of sp³-hybridized carbons (Fsp3) is 0.214. The molecule has 0 fully saturated rings. The van der Waals surface area contributed by atoms with Crippen molar-refractivity contribution in [3.05, 3.63) is 58.9 Å². The first-order valence-electron chi connectivity index (χ1n) is 5.59. The Hall–Kier alpha value is -1.58. The normalized spacial score (nSPS) is 10.3. The number of aromatic nitrogens is 1. The number of hydrogen-bond acceptors (Lipinski definition) is 3. The monoisotopic (exact) mass is 263 g/mol. The van der Waals surface area contributed by atoms with Gasteiger partial charge in [-0.15, -0.1) is 0 Å². The second kappa shape index (κ2) is 6.38. The molecule has 0 aliphatic carbocycles. The quantitative estimate of drug-likeness (QED) is 0.828. The van der Waals surface area contributed by atoms with E-state index in [0.717, 1.165) is 17.0 Å². The Morgan fingerprint density at radius 1 is 1.17 bits per heavy atom. The van der Waals surface area contributed by atoms with Crippen LogP contribution in [-0.4, -0.2) is 12.1 Å². The predicted octanol–water partition coefficient (Wildman–Crippen LogP) is 3.46. The molecule has 0 unspecified atom stereocenters. The van der Waals surface area contributed by atoms with Gasteiger partial charge in [0.1, 0.15) is 12.4 Å². The molecule has 1 aromatic carbocycles. The number of ether oxygens (including phenoxy) is 2. The van der Waals surface area contributed by atoms with Crippen molar-refractivity contribution in [3.63, 3.8) is 0 Å². The lowest BCUT2D eigenvalue weighted by atomic mass is 10.2. The SMILES string of the molecule is COCc1cccc(OCc2cc(Cl)ccn2)c1. The number of benzene rings is 1. The van der Waals surface area contributed by atoms with Crippen LogP contribution in [0.4, 0.5) is 0 Å². The lowest BCUT2D eigenvalue weighted by molar-refractivity contribution is 0.184. The molecule has 2 rings (SSSR count). The minimum absolute atomic E-state index is 0.400. The van der Waals surface area contributed by atoms with E-state index in [0.29, 0.717) is 18.2 Å². The molecule has 0 N–H and O–H groups in total. The summed E-state index contributed by atoms with van der Waals surface area (Å²) >= 11 is 5.88. The molecule has 2 aromatic rings. The molecule has 94 valence electrons. The summed E-state index contributed by atoms with van der Waals surface area (Å²) in [6.07, 6.45) is 1.67. The molecule has 3 nitrogen and oxygen atoms in total. The highest BCUT2D eigenvalue weighted by atomic mass is 35.5. The standard InChI is InChI=1S/C14H14ClNO2/c1-17-9-11-3-2-4-14(7-11)18-10-13-8-12(15)5-6-16-13/h2-8H,9-10H2,1H3. The summed E-state index contributed by atoms with van der Waals surface area (Å²) < 4.78 is 10.7. The molecule has 18 heavy (non-hydrogen) atoms. The van der Waals surface area contributed by atoms with E-state index in [9.17, 15) is 0 Å². The molecule has 0 aliphatic heterocycles. The maximum Gasteiger partial charge on any atom is 0.130 e. The summed E-state index contributed by atoms with van der Waals surface area (Å²) in [6, 6.07) is 11.3. The van der Waals surface area contributed by atoms with Gasteiger partial charge >= 0.3 is 0 Å². The molecule has 1 aromatic heterocycles. The number of rotatable bonds is 5. The maximum absolute atomic E-state index is 5.88. The molecule has 0 saturated carbocycles. The smallest absolute Gasteiger partial charge is 0.130 e. The molecule has 0 radical (unpaired) electrons. The van der Waals surface area contributed by atoms with Crippen LogP contribution in [0.1, 0.15) is 11.3 Å². The first kappa shape index (κ1) is 12.9. The third kappa shape index (κ3) is 3.72. The van der Waals surface area contributed by atoms with Crippen molar-refractivity contribution in [2.45, 2.75) is 13.2 Å². The van der Waals surface area contributed by atoms with Crippen molar-refractivity contribution in [2.24, 2.45) is 0 Å².